The summed E-state index contributed by atoms with van der Waals surface area (Å²) >= 11 is 0. The highest BCUT2D eigenvalue weighted by atomic mass is 32.2. The van der Waals surface area contributed by atoms with Gasteiger partial charge in [0.05, 0.1) is 11.3 Å². The minimum absolute atomic E-state index is 0.130. The predicted octanol–water partition coefficient (Wildman–Crippen LogP) is -0.212. The number of nitrogens with zero attached hydrogens (tertiary/aromatic N) is 3. The minimum atomic E-state index is -3.79. The van der Waals surface area contributed by atoms with E-state index in [2.05, 4.69) is 20.5 Å². The lowest BCUT2D eigenvalue weighted by molar-refractivity contribution is -0.138. The fraction of sp³-hybridized carbons (Fsp3) is 0.619. The molecule has 3 rings (SSSR count). The Labute approximate surface area is 197 Å². The zero-order valence-corrected chi connectivity index (χ0v) is 20.0. The average Bonchev–Trinajstić information content (AvgIpc) is 3.14. The van der Waals surface area contributed by atoms with E-state index in [9.17, 15) is 27.9 Å². The molecule has 0 unspecified atom stereocenters. The van der Waals surface area contributed by atoms with Crippen molar-refractivity contribution in [2.45, 2.75) is 51.6 Å². The number of piperidine rings is 1. The number of unbranched alkanes of at least 4 members (excludes halogenated alkanes) is 1. The van der Waals surface area contributed by atoms with Gasteiger partial charge in [-0.15, -0.1) is 5.10 Å². The molecule has 0 bridgehead atoms. The molecule has 2 aromatic heterocycles. The summed E-state index contributed by atoms with van der Waals surface area (Å²) in [7, 11) is -3.79. The quantitative estimate of drug-likeness (QED) is 0.313. The maximum Gasteiger partial charge on any atom is 0.350 e. The summed E-state index contributed by atoms with van der Waals surface area (Å²) in [6, 6.07) is 1.52. The van der Waals surface area contributed by atoms with Gasteiger partial charge < -0.3 is 15.7 Å². The van der Waals surface area contributed by atoms with Gasteiger partial charge in [-0.2, -0.15) is 4.72 Å². The van der Waals surface area contributed by atoms with Crippen molar-refractivity contribution < 1.29 is 23.1 Å². The number of rotatable bonds is 12. The van der Waals surface area contributed by atoms with Crippen LogP contribution in [0.15, 0.2) is 23.1 Å². The topological polar surface area (TPSA) is 164 Å². The Morgan fingerprint density at radius 2 is 2.03 bits per heavy atom. The molecule has 1 atom stereocenters. The third-order valence-electron chi connectivity index (χ3n) is 5.90. The van der Waals surface area contributed by atoms with Crippen molar-refractivity contribution in [1.82, 2.24) is 29.5 Å². The predicted molar refractivity (Wildman–Crippen MR) is 125 cm³/mol. The van der Waals surface area contributed by atoms with Crippen molar-refractivity contribution in [3.63, 3.8) is 0 Å². The van der Waals surface area contributed by atoms with Crippen molar-refractivity contribution in [2.75, 3.05) is 25.4 Å². The van der Waals surface area contributed by atoms with Gasteiger partial charge in [0.2, 0.25) is 10.0 Å². The van der Waals surface area contributed by atoms with Crippen molar-refractivity contribution in [3.05, 3.63) is 34.4 Å². The molecule has 4 N–H and O–H groups in total. The lowest BCUT2D eigenvalue weighted by Gasteiger charge is -2.21. The first-order chi connectivity index (χ1) is 16.2. The molecule has 1 saturated heterocycles. The average molecular weight is 497 g/mol. The molecule has 1 aliphatic rings. The van der Waals surface area contributed by atoms with Gasteiger partial charge in [-0.25, -0.2) is 22.3 Å². The first-order valence-corrected chi connectivity index (χ1v) is 13.2. The highest BCUT2D eigenvalue weighted by Gasteiger charge is 2.24. The first kappa shape index (κ1) is 25.8. The number of carboxylic acids is 1. The smallest absolute Gasteiger partial charge is 0.350 e. The number of aromatic nitrogens is 3. The molecule has 12 nitrogen and oxygen atoms in total. The van der Waals surface area contributed by atoms with Gasteiger partial charge in [-0.1, -0.05) is 13.3 Å². The number of amides is 1. The summed E-state index contributed by atoms with van der Waals surface area (Å²) in [5.74, 6) is -1.68. The number of carbonyl (C=O) groups excluding carboxylic acids is 1. The molecule has 0 radical (unpaired) electrons. The number of carbonyl (C=O) groups is 2. The fourth-order valence-corrected chi connectivity index (χ4v) is 5.26. The molecule has 13 heteroatoms. The second-order valence-corrected chi connectivity index (χ2v) is 10.4. The largest absolute Gasteiger partial charge is 0.480 e. The van der Waals surface area contributed by atoms with Gasteiger partial charge in [-0.05, 0) is 56.8 Å². The van der Waals surface area contributed by atoms with Crippen LogP contribution in [-0.2, 0) is 21.4 Å². The second kappa shape index (κ2) is 11.6. The number of fused-ring (bicyclic) bond motifs is 1. The van der Waals surface area contributed by atoms with E-state index < -0.39 is 34.5 Å². The second-order valence-electron chi connectivity index (χ2n) is 8.52. The van der Waals surface area contributed by atoms with Crippen LogP contribution >= 0.6 is 0 Å². The van der Waals surface area contributed by atoms with Crippen molar-refractivity contribution in [3.8, 4) is 0 Å². The Kier molecular flexibility index (Phi) is 8.80. The number of pyridine rings is 1. The van der Waals surface area contributed by atoms with Gasteiger partial charge in [-0.3, -0.25) is 9.59 Å². The van der Waals surface area contributed by atoms with Crippen LogP contribution in [0.25, 0.3) is 5.65 Å². The summed E-state index contributed by atoms with van der Waals surface area (Å²) < 4.78 is 28.8. The van der Waals surface area contributed by atoms with Crippen LogP contribution in [0.2, 0.25) is 0 Å². The lowest BCUT2D eigenvalue weighted by atomic mass is 9.95. The van der Waals surface area contributed by atoms with Crippen LogP contribution in [0, 0.1) is 5.92 Å². The lowest BCUT2D eigenvalue weighted by Crippen LogP contribution is -2.49. The molecular formula is C21H32N6O6S. The third kappa shape index (κ3) is 6.87. The number of sulfonamides is 1. The molecule has 1 aliphatic heterocycles. The Balaban J connectivity index is 1.64. The molecular weight excluding hydrogens is 464 g/mol. The monoisotopic (exact) mass is 496 g/mol. The normalized spacial score (nSPS) is 15.9. The number of nitrogens with one attached hydrogen (secondary N) is 3. The molecule has 1 fully saturated rings. The van der Waals surface area contributed by atoms with Crippen molar-refractivity contribution >= 4 is 27.5 Å². The van der Waals surface area contributed by atoms with Crippen LogP contribution < -0.4 is 21.0 Å². The molecule has 0 aromatic carbocycles. The SMILES string of the molecule is CCCCS(=O)(=O)N[C@@H](CNC(=O)c1ccc2nn(CCC3CCNCC3)c(=O)n2c1)C(=O)O. The van der Waals surface area contributed by atoms with Gasteiger partial charge in [0.15, 0.2) is 5.65 Å². The van der Waals surface area contributed by atoms with E-state index in [0.717, 1.165) is 32.4 Å². The standard InChI is InChI=1S/C21H32N6O6S/c1-2-3-12-34(32,33)25-17(20(29)30)13-23-19(28)16-4-5-18-24-27(21(31)26(18)14-16)11-8-15-6-9-22-10-7-15/h4-5,14-15,17,22,25H,2-3,6-13H2,1H3,(H,23,28)(H,29,30)/t17-/m0/s1. The molecule has 2 aromatic rings. The summed E-state index contributed by atoms with van der Waals surface area (Å²) in [4.78, 5) is 36.8. The van der Waals surface area contributed by atoms with E-state index in [1.54, 1.807) is 6.07 Å². The van der Waals surface area contributed by atoms with Crippen molar-refractivity contribution in [1.29, 1.82) is 0 Å². The number of hydrogen-bond acceptors (Lipinski definition) is 7. The van der Waals surface area contributed by atoms with Gasteiger partial charge in [0.25, 0.3) is 5.91 Å². The molecule has 0 spiro atoms. The fourth-order valence-electron chi connectivity index (χ4n) is 3.86. The molecule has 1 amide bonds. The third-order valence-corrected chi connectivity index (χ3v) is 7.37. The Bertz CT molecular complexity index is 1170. The summed E-state index contributed by atoms with van der Waals surface area (Å²) in [6.45, 7) is 3.83. The minimum Gasteiger partial charge on any atom is -0.480 e. The van der Waals surface area contributed by atoms with E-state index in [1.807, 2.05) is 6.92 Å². The zero-order chi connectivity index (χ0) is 24.7. The van der Waals surface area contributed by atoms with E-state index >= 15 is 0 Å². The van der Waals surface area contributed by atoms with Crippen LogP contribution in [0.3, 0.4) is 0 Å². The molecule has 0 aliphatic carbocycles. The number of aryl methyl sites for hydroxylation is 1. The number of carboxylic acid groups (broad SMARTS) is 1. The Hall–Kier alpha value is -2.77. The molecule has 34 heavy (non-hydrogen) atoms. The maximum atomic E-state index is 12.7. The molecule has 3 heterocycles. The van der Waals surface area contributed by atoms with E-state index in [-0.39, 0.29) is 17.0 Å². The molecule has 188 valence electrons. The van der Waals surface area contributed by atoms with E-state index in [0.29, 0.717) is 31.0 Å². The van der Waals surface area contributed by atoms with Crippen molar-refractivity contribution in [2.24, 2.45) is 5.92 Å². The van der Waals surface area contributed by atoms with Crippen LogP contribution in [0.4, 0.5) is 0 Å². The van der Waals surface area contributed by atoms with Gasteiger partial charge >= 0.3 is 11.7 Å². The summed E-state index contributed by atoms with van der Waals surface area (Å²) in [5, 5.41) is 19.4. The Morgan fingerprint density at radius 3 is 2.71 bits per heavy atom. The zero-order valence-electron chi connectivity index (χ0n) is 19.2. The first-order valence-electron chi connectivity index (χ1n) is 11.5. The van der Waals surface area contributed by atoms with Gasteiger partial charge in [0.1, 0.15) is 6.04 Å². The number of hydrogen-bond donors (Lipinski definition) is 4. The number of aliphatic carboxylic acids is 1. The van der Waals surface area contributed by atoms with E-state index in [1.165, 1.54) is 21.3 Å². The van der Waals surface area contributed by atoms with Crippen LogP contribution in [0.5, 0.6) is 0 Å². The summed E-state index contributed by atoms with van der Waals surface area (Å²) in [5.41, 5.74) is 0.176. The Morgan fingerprint density at radius 1 is 1.29 bits per heavy atom. The molecule has 0 saturated carbocycles. The maximum absolute atomic E-state index is 12.7. The van der Waals surface area contributed by atoms with E-state index in [4.69, 9.17) is 0 Å². The highest BCUT2D eigenvalue weighted by Crippen LogP contribution is 2.16. The van der Waals surface area contributed by atoms with Gasteiger partial charge in [0, 0.05) is 19.3 Å². The highest BCUT2D eigenvalue weighted by molar-refractivity contribution is 7.89. The van der Waals surface area contributed by atoms with Crippen LogP contribution in [0.1, 0.15) is 49.4 Å². The summed E-state index contributed by atoms with van der Waals surface area (Å²) in [6.07, 6.45) is 5.38. The van der Waals surface area contributed by atoms with Crippen LogP contribution in [-0.4, -0.2) is 71.0 Å².